The van der Waals surface area contributed by atoms with E-state index in [0.29, 0.717) is 0 Å². The van der Waals surface area contributed by atoms with Crippen LogP contribution >= 0.6 is 0 Å². The molecular weight excluding hydrogens is 548 g/mol. The molecule has 0 radical (unpaired) electrons. The van der Waals surface area contributed by atoms with Gasteiger partial charge in [-0.15, -0.1) is 0 Å². The van der Waals surface area contributed by atoms with Crippen molar-refractivity contribution in [1.82, 2.24) is 0 Å². The summed E-state index contributed by atoms with van der Waals surface area (Å²) < 4.78 is 23.9. The van der Waals surface area contributed by atoms with Crippen molar-refractivity contribution < 1.29 is 54.1 Å². The van der Waals surface area contributed by atoms with Crippen molar-refractivity contribution in [2.45, 2.75) is 142 Å². The third-order valence-corrected chi connectivity index (χ3v) is 10.1. The maximum atomic E-state index is 13.7. The van der Waals surface area contributed by atoms with Crippen LogP contribution in [0.4, 0.5) is 0 Å². The number of hydrogen-bond donors (Lipinski definition) is 5. The number of methoxy groups -OCH3 is 1. The summed E-state index contributed by atoms with van der Waals surface area (Å²) in [7, 11) is 1.49. The highest BCUT2D eigenvalue weighted by Crippen LogP contribution is 2.38. The van der Waals surface area contributed by atoms with Crippen molar-refractivity contribution in [1.29, 1.82) is 0 Å². The molecule has 0 spiro atoms. The minimum absolute atomic E-state index is 0.0905. The van der Waals surface area contributed by atoms with Crippen molar-refractivity contribution >= 4 is 11.8 Å². The first-order chi connectivity index (χ1) is 19.2. The summed E-state index contributed by atoms with van der Waals surface area (Å²) in [5, 5.41) is 55.0. The standard InChI is InChI=1S/C31H56O11/c1-14-12-30(9,38)27(35)18(5)24(34)17(4)25(15(2)20(7)32)42-29(37)19(6)26(16(3)23(14)33)41-22-13-31(10,39-11)28(36)21(8)40-22/h14-26,28,32-34,36,38H,12-13H2,1-11H3/t14-,15-,16+,17+,18?,19+,20-,21-,22-,23-,24-,25+,26?,28+,30-,31+/m0/s1. The molecule has 246 valence electrons. The highest BCUT2D eigenvalue weighted by Gasteiger charge is 2.49. The first kappa shape index (κ1) is 37.0. The summed E-state index contributed by atoms with van der Waals surface area (Å²) in [6.07, 6.45) is -7.62. The molecule has 0 amide bonds. The lowest BCUT2D eigenvalue weighted by molar-refractivity contribution is -0.298. The Balaban J connectivity index is 2.57. The lowest BCUT2D eigenvalue weighted by Crippen LogP contribution is -2.57. The number of rotatable bonds is 5. The van der Waals surface area contributed by atoms with Gasteiger partial charge in [0.25, 0.3) is 0 Å². The second kappa shape index (κ2) is 14.3. The molecule has 0 aromatic rings. The largest absolute Gasteiger partial charge is 0.461 e. The Labute approximate surface area is 250 Å². The van der Waals surface area contributed by atoms with Gasteiger partial charge in [0, 0.05) is 37.2 Å². The second-order valence-electron chi connectivity index (χ2n) is 13.6. The summed E-state index contributed by atoms with van der Waals surface area (Å²) in [6, 6.07) is 0. The number of hydrogen-bond acceptors (Lipinski definition) is 11. The zero-order chi connectivity index (χ0) is 32.5. The van der Waals surface area contributed by atoms with Gasteiger partial charge in [-0.25, -0.2) is 0 Å². The molecule has 2 rings (SSSR count). The number of esters is 1. The van der Waals surface area contributed by atoms with Crippen LogP contribution in [0.2, 0.25) is 0 Å². The number of ketones is 1. The number of aliphatic hydroxyl groups is 5. The van der Waals surface area contributed by atoms with E-state index in [9.17, 15) is 35.1 Å². The van der Waals surface area contributed by atoms with E-state index in [1.54, 1.807) is 55.4 Å². The molecule has 11 heteroatoms. The van der Waals surface area contributed by atoms with Gasteiger partial charge in [0.15, 0.2) is 12.1 Å². The van der Waals surface area contributed by atoms with Gasteiger partial charge in [0.2, 0.25) is 0 Å². The van der Waals surface area contributed by atoms with Crippen LogP contribution in [0, 0.1) is 35.5 Å². The number of carbonyl (C=O) groups excluding carboxylic acids is 2. The number of ether oxygens (including phenoxy) is 4. The van der Waals surface area contributed by atoms with E-state index in [1.807, 2.05) is 0 Å². The zero-order valence-electron chi connectivity index (χ0n) is 27.2. The lowest BCUT2D eigenvalue weighted by Gasteiger charge is -2.46. The van der Waals surface area contributed by atoms with E-state index in [0.717, 1.165) is 0 Å². The predicted octanol–water partition coefficient (Wildman–Crippen LogP) is 1.83. The molecule has 0 aromatic carbocycles. The quantitative estimate of drug-likeness (QED) is 0.290. The fourth-order valence-electron chi connectivity index (χ4n) is 6.67. The van der Waals surface area contributed by atoms with Crippen LogP contribution in [0.25, 0.3) is 0 Å². The topological polar surface area (TPSA) is 172 Å². The molecule has 2 heterocycles. The Morgan fingerprint density at radius 2 is 1.48 bits per heavy atom. The fourth-order valence-corrected chi connectivity index (χ4v) is 6.67. The Kier molecular flexibility index (Phi) is 12.6. The van der Waals surface area contributed by atoms with E-state index in [-0.39, 0.29) is 12.8 Å². The van der Waals surface area contributed by atoms with E-state index in [2.05, 4.69) is 0 Å². The van der Waals surface area contributed by atoms with Gasteiger partial charge < -0.3 is 44.5 Å². The highest BCUT2D eigenvalue weighted by molar-refractivity contribution is 5.89. The smallest absolute Gasteiger partial charge is 0.311 e. The molecule has 0 bridgehead atoms. The molecular formula is C31H56O11. The van der Waals surface area contributed by atoms with Crippen LogP contribution < -0.4 is 0 Å². The average molecular weight is 605 g/mol. The monoisotopic (exact) mass is 604 g/mol. The molecule has 2 fully saturated rings. The van der Waals surface area contributed by atoms with E-state index in [4.69, 9.17) is 18.9 Å². The van der Waals surface area contributed by atoms with Gasteiger partial charge in [-0.2, -0.15) is 0 Å². The number of Topliss-reactive ketones (excluding diaryl/α,β-unsaturated/α-hetero) is 1. The maximum Gasteiger partial charge on any atom is 0.311 e. The summed E-state index contributed by atoms with van der Waals surface area (Å²) in [6.45, 7) is 16.3. The van der Waals surface area contributed by atoms with Crippen LogP contribution in [-0.4, -0.2) is 105 Å². The van der Waals surface area contributed by atoms with Gasteiger partial charge in [0.1, 0.15) is 17.8 Å². The number of aliphatic hydroxyl groups excluding tert-OH is 4. The van der Waals surface area contributed by atoms with Gasteiger partial charge in [-0.05, 0) is 47.0 Å². The molecule has 0 aromatic heterocycles. The van der Waals surface area contributed by atoms with Crippen molar-refractivity contribution in [3.8, 4) is 0 Å². The predicted molar refractivity (Wildman–Crippen MR) is 154 cm³/mol. The Bertz CT molecular complexity index is 909. The molecule has 16 atom stereocenters. The normalized spacial score (nSPS) is 48.2. The van der Waals surface area contributed by atoms with Gasteiger partial charge >= 0.3 is 5.97 Å². The fraction of sp³-hybridized carbons (Fsp3) is 0.935. The van der Waals surface area contributed by atoms with E-state index < -0.39 is 107 Å². The Morgan fingerprint density at radius 3 is 2.00 bits per heavy atom. The minimum atomic E-state index is -1.85. The van der Waals surface area contributed by atoms with Crippen LogP contribution in [0.15, 0.2) is 0 Å². The molecule has 2 saturated heterocycles. The SMILES string of the molecule is CO[C@]1(C)C[C@H](OC2[C@@H](C)C(=O)O[C@H]([C@@H](C)[C@H](C)O)[C@H](C)[C@H](O)C(C)C(=O)[C@@](C)(O)C[C@H](C)[C@H](O)[C@H]2C)O[C@@H](C)[C@H]1O. The van der Waals surface area contributed by atoms with Crippen molar-refractivity contribution in [3.63, 3.8) is 0 Å². The molecule has 2 aliphatic rings. The maximum absolute atomic E-state index is 13.7. The summed E-state index contributed by atoms with van der Waals surface area (Å²) in [5.74, 6) is -5.86. The van der Waals surface area contributed by atoms with E-state index >= 15 is 0 Å². The van der Waals surface area contributed by atoms with Crippen LogP contribution in [0.1, 0.15) is 82.1 Å². The Morgan fingerprint density at radius 1 is 0.905 bits per heavy atom. The lowest BCUT2D eigenvalue weighted by atomic mass is 9.74. The molecule has 5 N–H and O–H groups in total. The van der Waals surface area contributed by atoms with E-state index in [1.165, 1.54) is 21.0 Å². The van der Waals surface area contributed by atoms with Gasteiger partial charge in [0.05, 0.1) is 42.0 Å². The summed E-state index contributed by atoms with van der Waals surface area (Å²) in [5.41, 5.74) is -2.84. The minimum Gasteiger partial charge on any atom is -0.461 e. The van der Waals surface area contributed by atoms with Crippen LogP contribution in [0.3, 0.4) is 0 Å². The van der Waals surface area contributed by atoms with Crippen molar-refractivity contribution in [3.05, 3.63) is 0 Å². The summed E-state index contributed by atoms with van der Waals surface area (Å²) in [4.78, 5) is 27.2. The summed E-state index contributed by atoms with van der Waals surface area (Å²) >= 11 is 0. The molecule has 11 nitrogen and oxygen atoms in total. The van der Waals surface area contributed by atoms with Crippen LogP contribution in [-0.2, 0) is 28.5 Å². The number of carbonyl (C=O) groups is 2. The van der Waals surface area contributed by atoms with Gasteiger partial charge in [-0.3, -0.25) is 9.59 Å². The molecule has 42 heavy (non-hydrogen) atoms. The molecule has 2 unspecified atom stereocenters. The average Bonchev–Trinajstić information content (AvgIpc) is 2.93. The van der Waals surface area contributed by atoms with Gasteiger partial charge in [-0.1, -0.05) is 34.6 Å². The van der Waals surface area contributed by atoms with Crippen molar-refractivity contribution in [2.24, 2.45) is 35.5 Å². The first-order valence-corrected chi connectivity index (χ1v) is 15.3. The third-order valence-electron chi connectivity index (χ3n) is 10.1. The molecule has 0 saturated carbocycles. The second-order valence-corrected chi connectivity index (χ2v) is 13.6. The Hall–Kier alpha value is -1.18. The van der Waals surface area contributed by atoms with Crippen molar-refractivity contribution in [2.75, 3.05) is 7.11 Å². The third kappa shape index (κ3) is 7.90. The number of cyclic esters (lactones) is 1. The molecule has 2 aliphatic heterocycles. The van der Waals surface area contributed by atoms with Crippen LogP contribution in [0.5, 0.6) is 0 Å². The zero-order valence-corrected chi connectivity index (χ0v) is 27.2. The molecule has 0 aliphatic carbocycles. The highest BCUT2D eigenvalue weighted by atomic mass is 16.7. The first-order valence-electron chi connectivity index (χ1n) is 15.3.